The van der Waals surface area contributed by atoms with Gasteiger partial charge in [0.25, 0.3) is 0 Å². The Morgan fingerprint density at radius 3 is 2.96 bits per heavy atom. The number of rotatable bonds is 4. The molecule has 2 amide bonds. The number of carbonyl (C=O) groups excluding carboxylic acids is 2. The molecule has 2 aromatic rings. The van der Waals surface area contributed by atoms with E-state index in [1.54, 1.807) is 0 Å². The predicted molar refractivity (Wildman–Crippen MR) is 87.3 cm³/mol. The lowest BCUT2D eigenvalue weighted by Crippen LogP contribution is -2.39. The normalized spacial score (nSPS) is 18.2. The highest BCUT2D eigenvalue weighted by atomic mass is 16.2. The van der Waals surface area contributed by atoms with Gasteiger partial charge >= 0.3 is 11.8 Å². The highest BCUT2D eigenvalue weighted by Gasteiger charge is 2.24. The second-order valence-electron chi connectivity index (χ2n) is 5.96. The van der Waals surface area contributed by atoms with Crippen LogP contribution in [0.3, 0.4) is 0 Å². The van der Waals surface area contributed by atoms with Crippen LogP contribution in [-0.4, -0.2) is 41.3 Å². The number of amides is 2. The van der Waals surface area contributed by atoms with Gasteiger partial charge in [0.15, 0.2) is 0 Å². The number of carbonyl (C=O) groups is 2. The topological polar surface area (TPSA) is 88.3 Å². The number of benzene rings is 1. The van der Waals surface area contributed by atoms with Gasteiger partial charge < -0.3 is 11.1 Å². The van der Waals surface area contributed by atoms with Gasteiger partial charge in [-0.1, -0.05) is 24.3 Å². The Labute approximate surface area is 134 Å². The van der Waals surface area contributed by atoms with Gasteiger partial charge in [-0.3, -0.25) is 19.5 Å². The molecule has 3 rings (SSSR count). The standard InChI is InChI=1S/C17H20N4O2/c18-16(22)17(23)20-9-12-6-8-21(10-12)11-14-4-1-3-13-5-2-7-19-15(13)14/h1-5,7,12H,6,8-11H2,(H2,18,22)(H,20,23). The van der Waals surface area contributed by atoms with Gasteiger partial charge in [-0.2, -0.15) is 0 Å². The molecule has 1 unspecified atom stereocenters. The van der Waals surface area contributed by atoms with Gasteiger partial charge in [0.05, 0.1) is 5.52 Å². The fourth-order valence-corrected chi connectivity index (χ4v) is 3.08. The summed E-state index contributed by atoms with van der Waals surface area (Å²) in [6.45, 7) is 3.20. The van der Waals surface area contributed by atoms with Crippen LogP contribution in [0, 0.1) is 5.92 Å². The highest BCUT2D eigenvalue weighted by molar-refractivity contribution is 6.34. The predicted octanol–water partition coefficient (Wildman–Crippen LogP) is 0.658. The first-order valence-corrected chi connectivity index (χ1v) is 7.76. The van der Waals surface area contributed by atoms with Gasteiger partial charge in [0, 0.05) is 31.2 Å². The van der Waals surface area contributed by atoms with E-state index in [4.69, 9.17) is 5.73 Å². The van der Waals surface area contributed by atoms with Crippen molar-refractivity contribution in [3.63, 3.8) is 0 Å². The van der Waals surface area contributed by atoms with E-state index in [-0.39, 0.29) is 0 Å². The molecule has 0 aliphatic carbocycles. The Morgan fingerprint density at radius 1 is 1.30 bits per heavy atom. The van der Waals surface area contributed by atoms with Crippen molar-refractivity contribution in [3.05, 3.63) is 42.1 Å². The van der Waals surface area contributed by atoms with E-state index in [2.05, 4.69) is 39.5 Å². The minimum atomic E-state index is -0.929. The van der Waals surface area contributed by atoms with E-state index < -0.39 is 11.8 Å². The second kappa shape index (κ2) is 6.75. The molecule has 1 aliphatic heterocycles. The molecule has 3 N–H and O–H groups in total. The van der Waals surface area contributed by atoms with Crippen LogP contribution in [0.25, 0.3) is 10.9 Å². The van der Waals surface area contributed by atoms with Gasteiger partial charge in [0.1, 0.15) is 0 Å². The first-order valence-electron chi connectivity index (χ1n) is 7.76. The van der Waals surface area contributed by atoms with E-state index in [0.29, 0.717) is 12.5 Å². The third-order valence-corrected chi connectivity index (χ3v) is 4.26. The summed E-state index contributed by atoms with van der Waals surface area (Å²) in [5.41, 5.74) is 7.19. The number of primary amides is 1. The van der Waals surface area contributed by atoms with Crippen LogP contribution in [0.5, 0.6) is 0 Å². The number of pyridine rings is 1. The molecule has 1 aromatic heterocycles. The number of nitrogens with one attached hydrogen (secondary N) is 1. The third-order valence-electron chi connectivity index (χ3n) is 4.26. The molecule has 0 radical (unpaired) electrons. The zero-order chi connectivity index (χ0) is 16.2. The maximum Gasteiger partial charge on any atom is 0.309 e. The molecule has 0 bridgehead atoms. The van der Waals surface area contributed by atoms with E-state index in [0.717, 1.165) is 37.0 Å². The summed E-state index contributed by atoms with van der Waals surface area (Å²) in [6, 6.07) is 10.2. The molecule has 0 spiro atoms. The monoisotopic (exact) mass is 312 g/mol. The fraction of sp³-hybridized carbons (Fsp3) is 0.353. The summed E-state index contributed by atoms with van der Waals surface area (Å²) in [5.74, 6) is -1.29. The lowest BCUT2D eigenvalue weighted by molar-refractivity contribution is -0.137. The number of nitrogens with two attached hydrogens (primary N) is 1. The molecule has 2 heterocycles. The van der Waals surface area contributed by atoms with Gasteiger partial charge in [-0.25, -0.2) is 0 Å². The molecule has 6 nitrogen and oxygen atoms in total. The van der Waals surface area contributed by atoms with E-state index in [1.807, 2.05) is 12.3 Å². The van der Waals surface area contributed by atoms with E-state index >= 15 is 0 Å². The van der Waals surface area contributed by atoms with Crippen LogP contribution < -0.4 is 11.1 Å². The molecule has 1 saturated heterocycles. The molecule has 120 valence electrons. The molecule has 0 saturated carbocycles. The van der Waals surface area contributed by atoms with Crippen molar-refractivity contribution < 1.29 is 9.59 Å². The third kappa shape index (κ3) is 3.65. The van der Waals surface area contributed by atoms with E-state index in [1.165, 1.54) is 5.56 Å². The van der Waals surface area contributed by atoms with Crippen LogP contribution in [0.15, 0.2) is 36.5 Å². The zero-order valence-electron chi connectivity index (χ0n) is 12.9. The smallest absolute Gasteiger partial charge is 0.309 e. The first kappa shape index (κ1) is 15.4. The molecular weight excluding hydrogens is 292 g/mol. The van der Waals surface area contributed by atoms with Crippen molar-refractivity contribution >= 4 is 22.7 Å². The maximum absolute atomic E-state index is 11.2. The van der Waals surface area contributed by atoms with Crippen molar-refractivity contribution in [1.29, 1.82) is 0 Å². The summed E-state index contributed by atoms with van der Waals surface area (Å²) in [5, 5.41) is 3.73. The minimum Gasteiger partial charge on any atom is -0.361 e. The quantitative estimate of drug-likeness (QED) is 0.812. The van der Waals surface area contributed by atoms with Crippen LogP contribution >= 0.6 is 0 Å². The average Bonchev–Trinajstić information content (AvgIpc) is 3.00. The van der Waals surface area contributed by atoms with Crippen molar-refractivity contribution in [1.82, 2.24) is 15.2 Å². The van der Waals surface area contributed by atoms with Crippen molar-refractivity contribution in [3.8, 4) is 0 Å². The summed E-state index contributed by atoms with van der Waals surface area (Å²) in [4.78, 5) is 28.8. The Kier molecular flexibility index (Phi) is 4.52. The number of hydrogen-bond acceptors (Lipinski definition) is 4. The second-order valence-corrected chi connectivity index (χ2v) is 5.96. The Balaban J connectivity index is 1.59. The molecule has 1 atom stereocenters. The number of para-hydroxylation sites is 1. The molecule has 6 heteroatoms. The van der Waals surface area contributed by atoms with Crippen molar-refractivity contribution in [2.75, 3.05) is 19.6 Å². The van der Waals surface area contributed by atoms with Crippen molar-refractivity contribution in [2.45, 2.75) is 13.0 Å². The Hall–Kier alpha value is -2.47. The highest BCUT2D eigenvalue weighted by Crippen LogP contribution is 2.22. The summed E-state index contributed by atoms with van der Waals surface area (Å²) >= 11 is 0. The Bertz CT molecular complexity index is 726. The largest absolute Gasteiger partial charge is 0.361 e. The van der Waals surface area contributed by atoms with Gasteiger partial charge in [0.2, 0.25) is 0 Å². The number of aromatic nitrogens is 1. The zero-order valence-corrected chi connectivity index (χ0v) is 12.9. The maximum atomic E-state index is 11.2. The SMILES string of the molecule is NC(=O)C(=O)NCC1CCN(Cc2cccc3cccnc23)C1. The molecule has 23 heavy (non-hydrogen) atoms. The first-order chi connectivity index (χ1) is 11.1. The lowest BCUT2D eigenvalue weighted by Gasteiger charge is -2.17. The van der Waals surface area contributed by atoms with Crippen LogP contribution in [-0.2, 0) is 16.1 Å². The number of fused-ring (bicyclic) bond motifs is 1. The number of likely N-dealkylation sites (tertiary alicyclic amines) is 1. The van der Waals surface area contributed by atoms with Crippen LogP contribution in [0.2, 0.25) is 0 Å². The molecule has 1 aromatic carbocycles. The van der Waals surface area contributed by atoms with Crippen LogP contribution in [0.1, 0.15) is 12.0 Å². The number of nitrogens with zero attached hydrogens (tertiary/aromatic N) is 2. The molecular formula is C17H20N4O2. The summed E-state index contributed by atoms with van der Waals surface area (Å²) in [6.07, 6.45) is 2.81. The Morgan fingerprint density at radius 2 is 2.13 bits per heavy atom. The van der Waals surface area contributed by atoms with E-state index in [9.17, 15) is 9.59 Å². The van der Waals surface area contributed by atoms with Gasteiger partial charge in [-0.15, -0.1) is 0 Å². The number of hydrogen-bond donors (Lipinski definition) is 2. The molecule has 1 aliphatic rings. The summed E-state index contributed by atoms with van der Waals surface area (Å²) < 4.78 is 0. The van der Waals surface area contributed by atoms with Crippen LogP contribution in [0.4, 0.5) is 0 Å². The van der Waals surface area contributed by atoms with Gasteiger partial charge in [-0.05, 0) is 30.5 Å². The molecule has 1 fully saturated rings. The average molecular weight is 312 g/mol. The minimum absolute atomic E-state index is 0.348. The summed E-state index contributed by atoms with van der Waals surface area (Å²) in [7, 11) is 0. The lowest BCUT2D eigenvalue weighted by atomic mass is 10.1. The van der Waals surface area contributed by atoms with Crippen molar-refractivity contribution in [2.24, 2.45) is 11.7 Å². The fourth-order valence-electron chi connectivity index (χ4n) is 3.08.